The van der Waals surface area contributed by atoms with Gasteiger partial charge in [0.15, 0.2) is 9.84 Å². The third-order valence-corrected chi connectivity index (χ3v) is 6.14. The van der Waals surface area contributed by atoms with Crippen molar-refractivity contribution in [2.24, 2.45) is 0 Å². The Hall–Kier alpha value is -1.37. The normalized spacial score (nSPS) is 12.9. The van der Waals surface area contributed by atoms with Crippen LogP contribution in [0, 0.1) is 0 Å². The van der Waals surface area contributed by atoms with Crippen molar-refractivity contribution in [1.29, 1.82) is 0 Å². The first-order chi connectivity index (χ1) is 9.91. The topological polar surface area (TPSA) is 63.2 Å². The van der Waals surface area contributed by atoms with E-state index in [1.54, 1.807) is 12.1 Å². The highest BCUT2D eigenvalue weighted by Crippen LogP contribution is 2.20. The molecule has 2 aromatic rings. The van der Waals surface area contributed by atoms with Gasteiger partial charge in [0, 0.05) is 9.90 Å². The van der Waals surface area contributed by atoms with E-state index in [4.69, 9.17) is 11.6 Å². The zero-order valence-electron chi connectivity index (χ0n) is 11.2. The number of halogens is 1. The van der Waals surface area contributed by atoms with Crippen molar-refractivity contribution in [3.8, 4) is 0 Å². The molecular weight excluding hydrogens is 330 g/mol. The van der Waals surface area contributed by atoms with Crippen LogP contribution in [0.1, 0.15) is 11.8 Å². The maximum absolute atomic E-state index is 12.4. The average Bonchev–Trinajstić information content (AvgIpc) is 2.97. The van der Waals surface area contributed by atoms with Gasteiger partial charge in [0.2, 0.25) is 5.91 Å². The Morgan fingerprint density at radius 3 is 2.71 bits per heavy atom. The third-order valence-electron chi connectivity index (χ3n) is 2.98. The molecule has 7 heteroatoms. The van der Waals surface area contributed by atoms with Crippen molar-refractivity contribution >= 4 is 38.7 Å². The standard InChI is InChI=1S/C14H14ClNO3S2/c1-10(14(17)16-9-12-5-3-7-20-12)21(18,19)13-6-2-4-11(15)8-13/h2-8,10H,9H2,1H3,(H,16,17)/t10-/m1/s1. The van der Waals surface area contributed by atoms with Crippen LogP contribution < -0.4 is 5.32 Å². The van der Waals surface area contributed by atoms with E-state index in [0.717, 1.165) is 4.88 Å². The van der Waals surface area contributed by atoms with Crippen molar-refractivity contribution in [1.82, 2.24) is 5.32 Å². The van der Waals surface area contributed by atoms with Gasteiger partial charge in [-0.25, -0.2) is 8.42 Å². The molecule has 1 aromatic heterocycles. The number of nitrogens with one attached hydrogen (secondary N) is 1. The molecule has 0 aliphatic carbocycles. The lowest BCUT2D eigenvalue weighted by atomic mass is 10.4. The van der Waals surface area contributed by atoms with Gasteiger partial charge < -0.3 is 5.32 Å². The zero-order valence-corrected chi connectivity index (χ0v) is 13.6. The molecule has 1 aromatic carbocycles. The number of carbonyl (C=O) groups excluding carboxylic acids is 1. The van der Waals surface area contributed by atoms with Crippen LogP contribution >= 0.6 is 22.9 Å². The van der Waals surface area contributed by atoms with E-state index in [9.17, 15) is 13.2 Å². The molecule has 0 unspecified atom stereocenters. The van der Waals surface area contributed by atoms with E-state index >= 15 is 0 Å². The number of rotatable bonds is 5. The van der Waals surface area contributed by atoms with Crippen LogP contribution in [0.3, 0.4) is 0 Å². The molecule has 21 heavy (non-hydrogen) atoms. The second-order valence-corrected chi connectivity index (χ2v) is 8.18. The SMILES string of the molecule is C[C@H](C(=O)NCc1cccs1)S(=O)(=O)c1cccc(Cl)c1. The molecule has 1 amide bonds. The maximum Gasteiger partial charge on any atom is 0.238 e. The monoisotopic (exact) mass is 343 g/mol. The fourth-order valence-corrected chi connectivity index (χ4v) is 3.95. The molecule has 0 bridgehead atoms. The lowest BCUT2D eigenvalue weighted by Gasteiger charge is -2.13. The molecule has 0 aliphatic heterocycles. The molecule has 112 valence electrons. The quantitative estimate of drug-likeness (QED) is 0.908. The Morgan fingerprint density at radius 1 is 1.33 bits per heavy atom. The molecule has 0 saturated carbocycles. The highest BCUT2D eigenvalue weighted by molar-refractivity contribution is 7.92. The molecule has 1 N–H and O–H groups in total. The summed E-state index contributed by atoms with van der Waals surface area (Å²) in [6.07, 6.45) is 0. The zero-order chi connectivity index (χ0) is 15.5. The van der Waals surface area contributed by atoms with Gasteiger partial charge in [-0.1, -0.05) is 23.7 Å². The number of hydrogen-bond donors (Lipinski definition) is 1. The molecule has 0 fully saturated rings. The van der Waals surface area contributed by atoms with Crippen molar-refractivity contribution in [2.45, 2.75) is 23.6 Å². The predicted molar refractivity (Wildman–Crippen MR) is 84.3 cm³/mol. The molecule has 0 aliphatic rings. The first-order valence-corrected chi connectivity index (χ1v) is 9.01. The summed E-state index contributed by atoms with van der Waals surface area (Å²) < 4.78 is 24.7. The van der Waals surface area contributed by atoms with Gasteiger partial charge in [-0.3, -0.25) is 4.79 Å². The smallest absolute Gasteiger partial charge is 0.238 e. The molecule has 0 saturated heterocycles. The van der Waals surface area contributed by atoms with Gasteiger partial charge in [-0.05, 0) is 36.6 Å². The maximum atomic E-state index is 12.4. The summed E-state index contributed by atoms with van der Waals surface area (Å²) in [5.41, 5.74) is 0. The van der Waals surface area contributed by atoms with Gasteiger partial charge in [-0.2, -0.15) is 0 Å². The molecule has 4 nitrogen and oxygen atoms in total. The lowest BCUT2D eigenvalue weighted by molar-refractivity contribution is -0.120. The van der Waals surface area contributed by atoms with Gasteiger partial charge >= 0.3 is 0 Å². The van der Waals surface area contributed by atoms with Crippen LogP contribution in [0.4, 0.5) is 0 Å². The van der Waals surface area contributed by atoms with Gasteiger partial charge in [-0.15, -0.1) is 11.3 Å². The van der Waals surface area contributed by atoms with E-state index < -0.39 is 21.0 Å². The van der Waals surface area contributed by atoms with E-state index in [1.807, 2.05) is 17.5 Å². The summed E-state index contributed by atoms with van der Waals surface area (Å²) in [6, 6.07) is 9.66. The van der Waals surface area contributed by atoms with Gasteiger partial charge in [0.05, 0.1) is 11.4 Å². The fourth-order valence-electron chi connectivity index (χ4n) is 1.72. The minimum atomic E-state index is -3.74. The number of hydrogen-bond acceptors (Lipinski definition) is 4. The van der Waals surface area contributed by atoms with Crippen LogP contribution in [0.15, 0.2) is 46.7 Å². The minimum absolute atomic E-state index is 0.0498. The molecule has 1 heterocycles. The molecule has 1 atom stereocenters. The number of amides is 1. The summed E-state index contributed by atoms with van der Waals surface area (Å²) in [4.78, 5) is 13.0. The summed E-state index contributed by atoms with van der Waals surface area (Å²) in [5, 5.41) is 3.68. The van der Waals surface area contributed by atoms with Gasteiger partial charge in [0.1, 0.15) is 5.25 Å². The predicted octanol–water partition coefficient (Wildman–Crippen LogP) is 2.88. The van der Waals surface area contributed by atoms with Crippen molar-refractivity contribution in [3.63, 3.8) is 0 Å². The Bertz CT molecular complexity index is 726. The number of carbonyl (C=O) groups is 1. The summed E-state index contributed by atoms with van der Waals surface area (Å²) in [6.45, 7) is 1.70. The van der Waals surface area contributed by atoms with E-state index in [0.29, 0.717) is 11.6 Å². The van der Waals surface area contributed by atoms with Crippen LogP contribution in [0.2, 0.25) is 5.02 Å². The molecule has 0 radical (unpaired) electrons. The van der Waals surface area contributed by atoms with E-state index in [2.05, 4.69) is 5.32 Å². The lowest BCUT2D eigenvalue weighted by Crippen LogP contribution is -2.37. The van der Waals surface area contributed by atoms with E-state index in [-0.39, 0.29) is 4.90 Å². The highest BCUT2D eigenvalue weighted by atomic mass is 35.5. The van der Waals surface area contributed by atoms with Crippen LogP contribution in [-0.2, 0) is 21.2 Å². The van der Waals surface area contributed by atoms with Crippen molar-refractivity contribution in [3.05, 3.63) is 51.7 Å². The van der Waals surface area contributed by atoms with E-state index in [1.165, 1.54) is 30.4 Å². The van der Waals surface area contributed by atoms with Crippen LogP contribution in [-0.4, -0.2) is 19.6 Å². The summed E-state index contributed by atoms with van der Waals surface area (Å²) in [5.74, 6) is -0.525. The first-order valence-electron chi connectivity index (χ1n) is 6.21. The minimum Gasteiger partial charge on any atom is -0.350 e. The molecular formula is C14H14ClNO3S2. The first kappa shape index (κ1) is 16.0. The van der Waals surface area contributed by atoms with Crippen molar-refractivity contribution < 1.29 is 13.2 Å². The Kier molecular flexibility index (Phi) is 5.03. The second-order valence-electron chi connectivity index (χ2n) is 4.44. The van der Waals surface area contributed by atoms with Crippen molar-refractivity contribution in [2.75, 3.05) is 0 Å². The largest absolute Gasteiger partial charge is 0.350 e. The van der Waals surface area contributed by atoms with Gasteiger partial charge in [0.25, 0.3) is 0 Å². The number of benzene rings is 1. The number of thiophene rings is 1. The summed E-state index contributed by atoms with van der Waals surface area (Å²) in [7, 11) is -3.74. The molecule has 2 rings (SSSR count). The third kappa shape index (κ3) is 3.84. The Morgan fingerprint density at radius 2 is 2.10 bits per heavy atom. The number of sulfone groups is 1. The fraction of sp³-hybridized carbons (Fsp3) is 0.214. The highest BCUT2D eigenvalue weighted by Gasteiger charge is 2.29. The van der Waals surface area contributed by atoms with Crippen LogP contribution in [0.5, 0.6) is 0 Å². The van der Waals surface area contributed by atoms with Crippen LogP contribution in [0.25, 0.3) is 0 Å². The Balaban J connectivity index is 2.10. The molecule has 0 spiro atoms. The summed E-state index contributed by atoms with van der Waals surface area (Å²) >= 11 is 7.30. The Labute approximate surface area is 132 Å². The average molecular weight is 344 g/mol. The second kappa shape index (κ2) is 6.60.